The molecule has 0 aliphatic rings. The molecule has 0 aliphatic heterocycles. The molecule has 0 bridgehead atoms. The van der Waals surface area contributed by atoms with Gasteiger partial charge in [0.25, 0.3) is 0 Å². The highest BCUT2D eigenvalue weighted by molar-refractivity contribution is 7.09. The van der Waals surface area contributed by atoms with Crippen molar-refractivity contribution < 1.29 is 9.53 Å². The van der Waals surface area contributed by atoms with Crippen molar-refractivity contribution in [1.29, 1.82) is 0 Å². The first-order chi connectivity index (χ1) is 10.6. The zero-order valence-corrected chi connectivity index (χ0v) is 13.9. The number of benzene rings is 1. The van der Waals surface area contributed by atoms with Gasteiger partial charge in [0.1, 0.15) is 10.8 Å². The van der Waals surface area contributed by atoms with Gasteiger partial charge >= 0.3 is 6.03 Å². The van der Waals surface area contributed by atoms with Crippen molar-refractivity contribution in [3.8, 4) is 5.75 Å². The number of ether oxygens (including phenoxy) is 1. The van der Waals surface area contributed by atoms with Crippen LogP contribution in [-0.2, 0) is 13.0 Å². The van der Waals surface area contributed by atoms with E-state index in [0.29, 0.717) is 6.54 Å². The quantitative estimate of drug-likeness (QED) is 0.890. The first kappa shape index (κ1) is 16.3. The molecule has 2 rings (SSSR count). The predicted molar refractivity (Wildman–Crippen MR) is 88.3 cm³/mol. The molecule has 1 N–H and O–H groups in total. The Bertz CT molecular complexity index is 601. The van der Waals surface area contributed by atoms with Crippen molar-refractivity contribution in [1.82, 2.24) is 15.2 Å². The summed E-state index contributed by atoms with van der Waals surface area (Å²) in [5, 5.41) is 5.84. The number of amides is 2. The number of methoxy groups -OCH3 is 1. The number of carbonyl (C=O) groups excluding carboxylic acids is 1. The van der Waals surface area contributed by atoms with Crippen molar-refractivity contribution in [3.05, 3.63) is 46.4 Å². The normalized spacial score (nSPS) is 11.8. The number of hydrogen-bond donors (Lipinski definition) is 1. The molecule has 5 nitrogen and oxygen atoms in total. The SMILES string of the molecule is COc1cccc(C[C@H](C)NC(=O)N(C)Cc2nccs2)c1. The van der Waals surface area contributed by atoms with Crippen molar-refractivity contribution in [2.75, 3.05) is 14.2 Å². The minimum atomic E-state index is -0.0920. The summed E-state index contributed by atoms with van der Waals surface area (Å²) in [7, 11) is 3.42. The van der Waals surface area contributed by atoms with E-state index < -0.39 is 0 Å². The minimum Gasteiger partial charge on any atom is -0.497 e. The first-order valence-corrected chi connectivity index (χ1v) is 7.99. The van der Waals surface area contributed by atoms with E-state index >= 15 is 0 Å². The largest absolute Gasteiger partial charge is 0.497 e. The number of thiazole rings is 1. The van der Waals surface area contributed by atoms with Gasteiger partial charge in [-0.1, -0.05) is 12.1 Å². The summed E-state index contributed by atoms with van der Waals surface area (Å²) in [5.74, 6) is 0.830. The average molecular weight is 319 g/mol. The molecule has 1 aromatic carbocycles. The molecule has 0 saturated carbocycles. The Labute approximate surface area is 134 Å². The van der Waals surface area contributed by atoms with Crippen LogP contribution in [0.2, 0.25) is 0 Å². The molecule has 1 heterocycles. The number of nitrogens with one attached hydrogen (secondary N) is 1. The fraction of sp³-hybridized carbons (Fsp3) is 0.375. The average Bonchev–Trinajstić information content (AvgIpc) is 3.00. The van der Waals surface area contributed by atoms with Crippen LogP contribution in [0.5, 0.6) is 5.75 Å². The van der Waals surface area contributed by atoms with Gasteiger partial charge in [-0.25, -0.2) is 9.78 Å². The van der Waals surface area contributed by atoms with E-state index in [1.54, 1.807) is 36.6 Å². The summed E-state index contributed by atoms with van der Waals surface area (Å²) in [6.45, 7) is 2.52. The van der Waals surface area contributed by atoms with Crippen LogP contribution in [0.15, 0.2) is 35.8 Å². The maximum atomic E-state index is 12.2. The van der Waals surface area contributed by atoms with Crippen LogP contribution in [0, 0.1) is 0 Å². The molecule has 0 saturated heterocycles. The second-order valence-corrected chi connectivity index (χ2v) is 6.17. The van der Waals surface area contributed by atoms with Crippen LogP contribution in [0.25, 0.3) is 0 Å². The van der Waals surface area contributed by atoms with E-state index in [1.807, 2.05) is 36.6 Å². The fourth-order valence-electron chi connectivity index (χ4n) is 2.13. The van der Waals surface area contributed by atoms with Gasteiger partial charge in [0.15, 0.2) is 0 Å². The van der Waals surface area contributed by atoms with Gasteiger partial charge in [-0.2, -0.15) is 0 Å². The van der Waals surface area contributed by atoms with E-state index in [-0.39, 0.29) is 12.1 Å². The Morgan fingerprint density at radius 1 is 1.50 bits per heavy atom. The highest BCUT2D eigenvalue weighted by atomic mass is 32.1. The van der Waals surface area contributed by atoms with Gasteiger partial charge in [0, 0.05) is 24.7 Å². The molecule has 118 valence electrons. The maximum absolute atomic E-state index is 12.2. The van der Waals surface area contributed by atoms with Crippen LogP contribution >= 0.6 is 11.3 Å². The van der Waals surface area contributed by atoms with Gasteiger partial charge < -0.3 is 15.0 Å². The smallest absolute Gasteiger partial charge is 0.317 e. The van der Waals surface area contributed by atoms with Gasteiger partial charge in [0.2, 0.25) is 0 Å². The summed E-state index contributed by atoms with van der Waals surface area (Å²) in [4.78, 5) is 18.0. The minimum absolute atomic E-state index is 0.0401. The van der Waals surface area contributed by atoms with Gasteiger partial charge in [-0.3, -0.25) is 0 Å². The summed E-state index contributed by atoms with van der Waals surface area (Å²) >= 11 is 1.55. The number of aromatic nitrogens is 1. The molecule has 0 unspecified atom stereocenters. The van der Waals surface area contributed by atoms with Crippen LogP contribution in [0.1, 0.15) is 17.5 Å². The predicted octanol–water partition coefficient (Wildman–Crippen LogP) is 2.92. The molecule has 0 spiro atoms. The molecule has 1 aromatic heterocycles. The lowest BCUT2D eigenvalue weighted by molar-refractivity contribution is 0.203. The van der Waals surface area contributed by atoms with Crippen molar-refractivity contribution in [2.45, 2.75) is 25.9 Å². The van der Waals surface area contributed by atoms with Crippen LogP contribution in [-0.4, -0.2) is 36.1 Å². The van der Waals surface area contributed by atoms with E-state index in [9.17, 15) is 4.79 Å². The summed E-state index contributed by atoms with van der Waals surface area (Å²) in [6, 6.07) is 7.84. The third kappa shape index (κ3) is 4.73. The lowest BCUT2D eigenvalue weighted by atomic mass is 10.1. The zero-order chi connectivity index (χ0) is 15.9. The van der Waals surface area contributed by atoms with Crippen LogP contribution in [0.4, 0.5) is 4.79 Å². The topological polar surface area (TPSA) is 54.5 Å². The Morgan fingerprint density at radius 3 is 3.00 bits per heavy atom. The molecule has 2 amide bonds. The van der Waals surface area contributed by atoms with Gasteiger partial charge in [-0.15, -0.1) is 11.3 Å². The van der Waals surface area contributed by atoms with E-state index in [0.717, 1.165) is 22.7 Å². The standard InChI is InChI=1S/C16H21N3O2S/c1-12(9-13-5-4-6-14(10-13)21-3)18-16(20)19(2)11-15-17-7-8-22-15/h4-8,10,12H,9,11H2,1-3H3,(H,18,20)/t12-/m0/s1. The highest BCUT2D eigenvalue weighted by Gasteiger charge is 2.13. The maximum Gasteiger partial charge on any atom is 0.317 e. The number of carbonyl (C=O) groups is 1. The zero-order valence-electron chi connectivity index (χ0n) is 13.1. The molecule has 0 radical (unpaired) electrons. The van der Waals surface area contributed by atoms with Crippen LogP contribution in [0.3, 0.4) is 0 Å². The fourth-order valence-corrected chi connectivity index (χ4v) is 2.80. The second kappa shape index (κ2) is 7.79. The third-order valence-electron chi connectivity index (χ3n) is 3.25. The second-order valence-electron chi connectivity index (χ2n) is 5.19. The first-order valence-electron chi connectivity index (χ1n) is 7.11. The molecular weight excluding hydrogens is 298 g/mol. The Hall–Kier alpha value is -2.08. The lowest BCUT2D eigenvalue weighted by Gasteiger charge is -2.20. The molecular formula is C16H21N3O2S. The van der Waals surface area contributed by atoms with Gasteiger partial charge in [0.05, 0.1) is 13.7 Å². The molecule has 2 aromatic rings. The summed E-state index contributed by atoms with van der Waals surface area (Å²) < 4.78 is 5.21. The third-order valence-corrected chi connectivity index (χ3v) is 4.01. The molecule has 1 atom stereocenters. The van der Waals surface area contributed by atoms with Gasteiger partial charge in [-0.05, 0) is 31.0 Å². The number of rotatable bonds is 6. The van der Waals surface area contributed by atoms with E-state index in [4.69, 9.17) is 4.74 Å². The molecule has 0 aliphatic carbocycles. The summed E-state index contributed by atoms with van der Waals surface area (Å²) in [5.41, 5.74) is 1.13. The highest BCUT2D eigenvalue weighted by Crippen LogP contribution is 2.14. The Morgan fingerprint density at radius 2 is 2.32 bits per heavy atom. The summed E-state index contributed by atoms with van der Waals surface area (Å²) in [6.07, 6.45) is 2.51. The van der Waals surface area contributed by atoms with E-state index in [2.05, 4.69) is 10.3 Å². The number of hydrogen-bond acceptors (Lipinski definition) is 4. The van der Waals surface area contributed by atoms with Crippen molar-refractivity contribution >= 4 is 17.4 Å². The number of nitrogens with zero attached hydrogens (tertiary/aromatic N) is 2. The molecule has 0 fully saturated rings. The Kier molecular flexibility index (Phi) is 5.77. The monoisotopic (exact) mass is 319 g/mol. The van der Waals surface area contributed by atoms with Crippen LogP contribution < -0.4 is 10.1 Å². The number of urea groups is 1. The molecule has 6 heteroatoms. The van der Waals surface area contributed by atoms with E-state index in [1.165, 1.54) is 0 Å². The Balaban J connectivity index is 1.85. The lowest BCUT2D eigenvalue weighted by Crippen LogP contribution is -2.42. The van der Waals surface area contributed by atoms with Crippen molar-refractivity contribution in [2.24, 2.45) is 0 Å². The van der Waals surface area contributed by atoms with Crippen molar-refractivity contribution in [3.63, 3.8) is 0 Å². The molecule has 22 heavy (non-hydrogen) atoms.